The second kappa shape index (κ2) is 4.57. The van der Waals surface area contributed by atoms with Gasteiger partial charge in [0.2, 0.25) is 0 Å². The molecule has 0 atom stereocenters. The van der Waals surface area contributed by atoms with E-state index in [4.69, 9.17) is 0 Å². The van der Waals surface area contributed by atoms with Gasteiger partial charge in [0.05, 0.1) is 6.20 Å². The molecule has 4 heteroatoms. The summed E-state index contributed by atoms with van der Waals surface area (Å²) in [4.78, 5) is 11.8. The van der Waals surface area contributed by atoms with E-state index in [0.717, 1.165) is 5.56 Å². The summed E-state index contributed by atoms with van der Waals surface area (Å²) in [6, 6.07) is 16.5. The van der Waals surface area contributed by atoms with Crippen LogP contribution in [0.4, 0.5) is 0 Å². The Kier molecular flexibility index (Phi) is 2.76. The molecule has 3 aromatic rings. The molecular weight excluding hydrogens is 240 g/mol. The SMILES string of the molecule is O=c1cc(O)[n+](Cc2ccccc2)c2ccccn12. The highest BCUT2D eigenvalue weighted by Gasteiger charge is 2.15. The van der Waals surface area contributed by atoms with Crippen LogP contribution in [0.25, 0.3) is 5.65 Å². The van der Waals surface area contributed by atoms with Gasteiger partial charge in [-0.3, -0.25) is 0 Å². The molecular formula is C15H13N2O2+. The highest BCUT2D eigenvalue weighted by molar-refractivity contribution is 5.32. The first-order valence-corrected chi connectivity index (χ1v) is 6.03. The molecule has 1 N–H and O–H groups in total. The van der Waals surface area contributed by atoms with Crippen molar-refractivity contribution in [3.05, 3.63) is 76.7 Å². The first-order chi connectivity index (χ1) is 9.25. The Bertz CT molecular complexity index is 779. The van der Waals surface area contributed by atoms with E-state index in [0.29, 0.717) is 12.2 Å². The number of hydrogen-bond donors (Lipinski definition) is 1. The summed E-state index contributed by atoms with van der Waals surface area (Å²) in [7, 11) is 0. The topological polar surface area (TPSA) is 45.6 Å². The predicted molar refractivity (Wildman–Crippen MR) is 71.1 cm³/mol. The Balaban J connectivity index is 2.21. The minimum atomic E-state index is -0.239. The molecule has 0 radical (unpaired) electrons. The number of pyridine rings is 1. The van der Waals surface area contributed by atoms with Gasteiger partial charge in [0, 0.05) is 6.07 Å². The van der Waals surface area contributed by atoms with Gasteiger partial charge in [0.25, 0.3) is 11.5 Å². The Hall–Kier alpha value is -2.62. The third-order valence-electron chi connectivity index (χ3n) is 3.06. The second-order valence-electron chi connectivity index (χ2n) is 4.34. The lowest BCUT2D eigenvalue weighted by Crippen LogP contribution is -2.40. The Morgan fingerprint density at radius 3 is 2.58 bits per heavy atom. The molecule has 2 heterocycles. The van der Waals surface area contributed by atoms with Crippen LogP contribution >= 0.6 is 0 Å². The summed E-state index contributed by atoms with van der Waals surface area (Å²) >= 11 is 0. The standard InChI is InChI=1S/C15H12N2O2/c18-14-10-15(19)17(11-12-6-2-1-3-7-12)13-8-4-5-9-16(13)14/h1-10H,11H2/p+1. The van der Waals surface area contributed by atoms with Gasteiger partial charge in [-0.25, -0.2) is 4.79 Å². The van der Waals surface area contributed by atoms with E-state index in [1.165, 1.54) is 10.5 Å². The van der Waals surface area contributed by atoms with Crippen molar-refractivity contribution >= 4 is 5.65 Å². The third kappa shape index (κ3) is 2.08. The third-order valence-corrected chi connectivity index (χ3v) is 3.06. The largest absolute Gasteiger partial charge is 0.478 e. The zero-order valence-electron chi connectivity index (χ0n) is 10.2. The average Bonchev–Trinajstić information content (AvgIpc) is 2.45. The van der Waals surface area contributed by atoms with Crippen LogP contribution in [0.15, 0.2) is 65.6 Å². The van der Waals surface area contributed by atoms with Crippen molar-refractivity contribution < 1.29 is 9.67 Å². The average molecular weight is 253 g/mol. The van der Waals surface area contributed by atoms with Crippen LogP contribution in [-0.2, 0) is 6.54 Å². The fourth-order valence-corrected chi connectivity index (χ4v) is 2.14. The molecule has 2 aromatic heterocycles. The van der Waals surface area contributed by atoms with Gasteiger partial charge < -0.3 is 5.11 Å². The number of aromatic hydroxyl groups is 1. The summed E-state index contributed by atoms with van der Waals surface area (Å²) in [5.74, 6) is -0.0277. The van der Waals surface area contributed by atoms with Crippen molar-refractivity contribution in [3.8, 4) is 5.88 Å². The van der Waals surface area contributed by atoms with E-state index in [1.807, 2.05) is 42.5 Å². The summed E-state index contributed by atoms with van der Waals surface area (Å²) in [6.07, 6.45) is 1.69. The summed E-state index contributed by atoms with van der Waals surface area (Å²) < 4.78 is 3.22. The zero-order chi connectivity index (χ0) is 13.2. The summed E-state index contributed by atoms with van der Waals surface area (Å²) in [6.45, 7) is 0.514. The smallest absolute Gasteiger partial charge is 0.346 e. The molecule has 0 bridgehead atoms. The molecule has 0 aliphatic heterocycles. The van der Waals surface area contributed by atoms with Crippen LogP contribution in [0.5, 0.6) is 5.88 Å². The molecule has 0 saturated heterocycles. The lowest BCUT2D eigenvalue weighted by molar-refractivity contribution is -0.672. The minimum Gasteiger partial charge on any atom is -0.478 e. The maximum atomic E-state index is 11.8. The van der Waals surface area contributed by atoms with Gasteiger partial charge in [-0.15, -0.1) is 0 Å². The van der Waals surface area contributed by atoms with Crippen LogP contribution < -0.4 is 10.1 Å². The quantitative estimate of drug-likeness (QED) is 0.700. The molecule has 4 nitrogen and oxygen atoms in total. The summed E-state index contributed by atoms with van der Waals surface area (Å²) in [5, 5.41) is 10.0. The highest BCUT2D eigenvalue weighted by Crippen LogP contribution is 2.05. The molecule has 19 heavy (non-hydrogen) atoms. The second-order valence-corrected chi connectivity index (χ2v) is 4.34. The van der Waals surface area contributed by atoms with Crippen molar-refractivity contribution in [1.29, 1.82) is 0 Å². The van der Waals surface area contributed by atoms with Crippen molar-refractivity contribution in [1.82, 2.24) is 4.40 Å². The van der Waals surface area contributed by atoms with E-state index < -0.39 is 0 Å². The lowest BCUT2D eigenvalue weighted by Gasteiger charge is -2.05. The number of hydrogen-bond acceptors (Lipinski definition) is 2. The van der Waals surface area contributed by atoms with Crippen molar-refractivity contribution in [2.75, 3.05) is 0 Å². The predicted octanol–water partition coefficient (Wildman–Crippen LogP) is 1.34. The number of fused-ring (bicyclic) bond motifs is 1. The van der Waals surface area contributed by atoms with Crippen LogP contribution in [0.3, 0.4) is 0 Å². The van der Waals surface area contributed by atoms with Crippen molar-refractivity contribution in [3.63, 3.8) is 0 Å². The van der Waals surface area contributed by atoms with Crippen molar-refractivity contribution in [2.45, 2.75) is 6.54 Å². The van der Waals surface area contributed by atoms with Gasteiger partial charge in [-0.1, -0.05) is 36.4 Å². The molecule has 94 valence electrons. The van der Waals surface area contributed by atoms with E-state index in [2.05, 4.69) is 0 Å². The van der Waals surface area contributed by atoms with Crippen molar-refractivity contribution in [2.24, 2.45) is 0 Å². The minimum absolute atomic E-state index is 0.0277. The molecule has 0 aliphatic carbocycles. The first-order valence-electron chi connectivity index (χ1n) is 6.03. The molecule has 0 unspecified atom stereocenters. The van der Waals surface area contributed by atoms with Crippen LogP contribution in [-0.4, -0.2) is 9.51 Å². The Morgan fingerprint density at radius 1 is 1.05 bits per heavy atom. The lowest BCUT2D eigenvalue weighted by atomic mass is 10.2. The van der Waals surface area contributed by atoms with E-state index >= 15 is 0 Å². The Labute approximate surface area is 109 Å². The molecule has 3 rings (SSSR count). The number of aromatic nitrogens is 2. The zero-order valence-corrected chi connectivity index (χ0v) is 10.2. The molecule has 0 saturated carbocycles. The normalized spacial score (nSPS) is 10.7. The maximum Gasteiger partial charge on any atom is 0.346 e. The molecule has 1 aromatic carbocycles. The van der Waals surface area contributed by atoms with E-state index in [9.17, 15) is 9.90 Å². The van der Waals surface area contributed by atoms with Crippen LogP contribution in [0.1, 0.15) is 5.56 Å². The van der Waals surface area contributed by atoms with Gasteiger partial charge in [0.15, 0.2) is 0 Å². The number of nitrogens with zero attached hydrogens (tertiary/aromatic N) is 2. The van der Waals surface area contributed by atoms with E-state index in [1.54, 1.807) is 16.8 Å². The Morgan fingerprint density at radius 2 is 1.79 bits per heavy atom. The molecule has 0 amide bonds. The molecule has 0 aliphatic rings. The first kappa shape index (κ1) is 11.5. The fourth-order valence-electron chi connectivity index (χ4n) is 2.14. The van der Waals surface area contributed by atoms with Crippen LogP contribution in [0.2, 0.25) is 0 Å². The van der Waals surface area contributed by atoms with Gasteiger partial charge >= 0.3 is 5.56 Å². The van der Waals surface area contributed by atoms with Crippen LogP contribution in [0, 0.1) is 0 Å². The summed E-state index contributed by atoms with van der Waals surface area (Å²) in [5.41, 5.74) is 1.49. The maximum absolute atomic E-state index is 11.8. The van der Waals surface area contributed by atoms with Gasteiger partial charge in [-0.2, -0.15) is 8.97 Å². The monoisotopic (exact) mass is 253 g/mol. The highest BCUT2D eigenvalue weighted by atomic mass is 16.3. The molecule has 0 fully saturated rings. The van der Waals surface area contributed by atoms with E-state index in [-0.39, 0.29) is 11.4 Å². The fraction of sp³-hybridized carbons (Fsp3) is 0.0667. The molecule has 0 spiro atoms. The van der Waals surface area contributed by atoms with Gasteiger partial charge in [-0.05, 0) is 11.6 Å². The van der Waals surface area contributed by atoms with Gasteiger partial charge in [0.1, 0.15) is 12.6 Å². The number of rotatable bonds is 2. The number of benzene rings is 1.